The number of hydrogen-bond acceptors (Lipinski definition) is 7. The van der Waals surface area contributed by atoms with Gasteiger partial charge in [-0.25, -0.2) is 14.4 Å². The van der Waals surface area contributed by atoms with Gasteiger partial charge in [-0.05, 0) is 25.1 Å². The summed E-state index contributed by atoms with van der Waals surface area (Å²) >= 11 is 0. The van der Waals surface area contributed by atoms with Gasteiger partial charge in [0.1, 0.15) is 17.4 Å². The average Bonchev–Trinajstić information content (AvgIpc) is 3.38. The molecule has 1 aliphatic rings. The van der Waals surface area contributed by atoms with Crippen LogP contribution in [0.4, 0.5) is 10.2 Å². The molecule has 0 spiro atoms. The van der Waals surface area contributed by atoms with Gasteiger partial charge in [0, 0.05) is 49.1 Å². The number of benzene rings is 1. The summed E-state index contributed by atoms with van der Waals surface area (Å²) in [6.45, 7) is 2.78. The third-order valence-electron chi connectivity index (χ3n) is 5.43. The van der Waals surface area contributed by atoms with E-state index in [1.807, 2.05) is 20.0 Å². The van der Waals surface area contributed by atoms with Gasteiger partial charge in [-0.15, -0.1) is 0 Å². The Kier molecular flexibility index (Phi) is 4.65. The molecule has 5 rings (SSSR count). The number of rotatable bonds is 5. The third-order valence-corrected chi connectivity index (χ3v) is 5.43. The smallest absolute Gasteiger partial charge is 0.316 e. The summed E-state index contributed by atoms with van der Waals surface area (Å²) in [7, 11) is 3.40. The minimum absolute atomic E-state index is 0.258. The van der Waals surface area contributed by atoms with Gasteiger partial charge in [0.2, 0.25) is 0 Å². The van der Waals surface area contributed by atoms with Crippen LogP contribution in [0.5, 0.6) is 11.8 Å². The van der Waals surface area contributed by atoms with Crippen LogP contribution in [0.25, 0.3) is 22.2 Å². The Morgan fingerprint density at radius 1 is 1.26 bits per heavy atom. The molecule has 1 aliphatic heterocycles. The normalized spacial score (nSPS) is 12.6. The molecule has 1 aromatic carbocycles. The van der Waals surface area contributed by atoms with E-state index in [2.05, 4.69) is 25.4 Å². The highest BCUT2D eigenvalue weighted by atomic mass is 19.1. The molecular formula is C22H21FN6O2. The van der Waals surface area contributed by atoms with Crippen LogP contribution in [0.1, 0.15) is 16.8 Å². The zero-order valence-electron chi connectivity index (χ0n) is 17.4. The first kappa shape index (κ1) is 19.2. The van der Waals surface area contributed by atoms with E-state index in [4.69, 9.17) is 9.47 Å². The van der Waals surface area contributed by atoms with E-state index in [1.165, 1.54) is 13.2 Å². The van der Waals surface area contributed by atoms with E-state index >= 15 is 0 Å². The fourth-order valence-corrected chi connectivity index (χ4v) is 3.97. The van der Waals surface area contributed by atoms with E-state index in [9.17, 15) is 4.39 Å². The second kappa shape index (κ2) is 7.50. The van der Waals surface area contributed by atoms with Crippen LogP contribution >= 0.6 is 0 Å². The van der Waals surface area contributed by atoms with E-state index in [-0.39, 0.29) is 18.4 Å². The molecule has 0 radical (unpaired) electrons. The Morgan fingerprint density at radius 2 is 2.13 bits per heavy atom. The molecule has 0 unspecified atom stereocenters. The molecule has 4 heterocycles. The highest BCUT2D eigenvalue weighted by Gasteiger charge is 2.20. The van der Waals surface area contributed by atoms with Gasteiger partial charge in [0.25, 0.3) is 0 Å². The van der Waals surface area contributed by atoms with E-state index < -0.39 is 0 Å². The lowest BCUT2D eigenvalue weighted by Crippen LogP contribution is -2.08. The first-order valence-corrected chi connectivity index (χ1v) is 9.93. The summed E-state index contributed by atoms with van der Waals surface area (Å²) in [5.41, 5.74) is 4.75. The topological polar surface area (TPSA) is 87.0 Å². The maximum absolute atomic E-state index is 14.5. The van der Waals surface area contributed by atoms with E-state index in [0.29, 0.717) is 35.3 Å². The Morgan fingerprint density at radius 3 is 2.90 bits per heavy atom. The summed E-state index contributed by atoms with van der Waals surface area (Å²) in [5.74, 6) is 1.04. The average molecular weight is 420 g/mol. The predicted octanol–water partition coefficient (Wildman–Crippen LogP) is 3.43. The Labute approximate surface area is 178 Å². The Balaban J connectivity index is 1.57. The van der Waals surface area contributed by atoms with E-state index in [0.717, 1.165) is 28.3 Å². The zero-order valence-corrected chi connectivity index (χ0v) is 17.4. The number of anilines is 1. The van der Waals surface area contributed by atoms with Crippen molar-refractivity contribution in [3.05, 3.63) is 53.2 Å². The largest absolute Gasteiger partial charge is 0.493 e. The van der Waals surface area contributed by atoms with Crippen LogP contribution in [-0.2, 0) is 20.0 Å². The molecule has 3 aromatic heterocycles. The van der Waals surface area contributed by atoms with Gasteiger partial charge in [-0.2, -0.15) is 10.1 Å². The van der Waals surface area contributed by atoms with Crippen molar-refractivity contribution in [2.24, 2.45) is 7.05 Å². The molecule has 0 bridgehead atoms. The number of pyridine rings is 1. The van der Waals surface area contributed by atoms with Crippen molar-refractivity contribution in [2.75, 3.05) is 19.0 Å². The number of fused-ring (bicyclic) bond motifs is 2. The van der Waals surface area contributed by atoms with Crippen LogP contribution in [0.2, 0.25) is 0 Å². The van der Waals surface area contributed by atoms with Gasteiger partial charge in [-0.1, -0.05) is 0 Å². The first-order chi connectivity index (χ1) is 15.0. The molecule has 0 saturated heterocycles. The lowest BCUT2D eigenvalue weighted by molar-refractivity contribution is 0.356. The van der Waals surface area contributed by atoms with Gasteiger partial charge in [0.05, 0.1) is 36.0 Å². The number of aryl methyl sites for hydroxylation is 2. The molecule has 0 amide bonds. The van der Waals surface area contributed by atoms with Crippen LogP contribution in [0.15, 0.2) is 30.6 Å². The van der Waals surface area contributed by atoms with Crippen molar-refractivity contribution >= 4 is 16.7 Å². The molecule has 1 N–H and O–H groups in total. The zero-order chi connectivity index (χ0) is 21.5. The van der Waals surface area contributed by atoms with Crippen molar-refractivity contribution in [1.82, 2.24) is 24.7 Å². The molecule has 0 atom stereocenters. The Hall–Kier alpha value is -3.75. The molecule has 9 heteroatoms. The Bertz CT molecular complexity index is 1300. The molecule has 0 fully saturated rings. The third kappa shape index (κ3) is 3.31. The SMILES string of the molecule is COc1ncc2c(NCc3c(F)ccc4c3CCO4)ncc(-c3cc(C)nn3C)c2n1. The summed E-state index contributed by atoms with van der Waals surface area (Å²) < 4.78 is 27.1. The van der Waals surface area contributed by atoms with Crippen molar-refractivity contribution < 1.29 is 13.9 Å². The molecule has 4 aromatic rings. The van der Waals surface area contributed by atoms with Crippen molar-refractivity contribution in [3.63, 3.8) is 0 Å². The number of halogens is 1. The van der Waals surface area contributed by atoms with Crippen LogP contribution in [0, 0.1) is 12.7 Å². The number of hydrogen-bond donors (Lipinski definition) is 1. The monoisotopic (exact) mass is 420 g/mol. The molecule has 0 aliphatic carbocycles. The van der Waals surface area contributed by atoms with Crippen LogP contribution in [-0.4, -0.2) is 38.4 Å². The van der Waals surface area contributed by atoms with Gasteiger partial charge >= 0.3 is 6.01 Å². The lowest BCUT2D eigenvalue weighted by atomic mass is 10.0. The highest BCUT2D eigenvalue weighted by Crippen LogP contribution is 2.33. The molecule has 158 valence electrons. The lowest BCUT2D eigenvalue weighted by Gasteiger charge is -2.14. The molecular weight excluding hydrogens is 399 g/mol. The fourth-order valence-electron chi connectivity index (χ4n) is 3.97. The maximum atomic E-state index is 14.5. The molecule has 31 heavy (non-hydrogen) atoms. The number of aromatic nitrogens is 5. The summed E-state index contributed by atoms with van der Waals surface area (Å²) in [5, 5.41) is 8.39. The van der Waals surface area contributed by atoms with E-state index in [1.54, 1.807) is 23.1 Å². The van der Waals surface area contributed by atoms with Gasteiger partial charge in [-0.3, -0.25) is 4.68 Å². The highest BCUT2D eigenvalue weighted by molar-refractivity contribution is 5.98. The van der Waals surface area contributed by atoms with Crippen LogP contribution < -0.4 is 14.8 Å². The second-order valence-corrected chi connectivity index (χ2v) is 7.39. The number of nitrogens with one attached hydrogen (secondary N) is 1. The summed E-state index contributed by atoms with van der Waals surface area (Å²) in [6, 6.07) is 5.35. The molecule has 0 saturated carbocycles. The van der Waals surface area contributed by atoms with Crippen molar-refractivity contribution in [3.8, 4) is 23.0 Å². The van der Waals surface area contributed by atoms with Crippen LogP contribution in [0.3, 0.4) is 0 Å². The summed E-state index contributed by atoms with van der Waals surface area (Å²) in [6.07, 6.45) is 4.10. The standard InChI is InChI=1S/C22H21FN6O2/c1-12-8-18(29(2)28-12)15-10-25-21(16-11-26-22(30-3)27-20(15)16)24-9-14-13-6-7-31-19(13)5-4-17(14)23/h4-5,8,10-11H,6-7,9H2,1-3H3,(H,24,25). The van der Waals surface area contributed by atoms with Crippen molar-refractivity contribution in [2.45, 2.75) is 19.9 Å². The number of ether oxygens (including phenoxy) is 2. The fraction of sp³-hybridized carbons (Fsp3) is 0.273. The van der Waals surface area contributed by atoms with Gasteiger partial charge < -0.3 is 14.8 Å². The maximum Gasteiger partial charge on any atom is 0.316 e. The van der Waals surface area contributed by atoms with Crippen molar-refractivity contribution in [1.29, 1.82) is 0 Å². The second-order valence-electron chi connectivity index (χ2n) is 7.39. The minimum Gasteiger partial charge on any atom is -0.493 e. The minimum atomic E-state index is -0.263. The molecule has 8 nitrogen and oxygen atoms in total. The summed E-state index contributed by atoms with van der Waals surface area (Å²) in [4.78, 5) is 13.4. The quantitative estimate of drug-likeness (QED) is 0.529. The predicted molar refractivity (Wildman–Crippen MR) is 114 cm³/mol. The number of methoxy groups -OCH3 is 1. The number of nitrogens with zero attached hydrogens (tertiary/aromatic N) is 5. The van der Waals surface area contributed by atoms with Gasteiger partial charge in [0.15, 0.2) is 0 Å². The first-order valence-electron chi connectivity index (χ1n) is 9.93.